The second-order valence-corrected chi connectivity index (χ2v) is 8.86. The predicted molar refractivity (Wildman–Crippen MR) is 113 cm³/mol. The molecular weight excluding hydrogens is 426 g/mol. The van der Waals surface area contributed by atoms with Crippen molar-refractivity contribution in [3.8, 4) is 11.5 Å². The molecule has 11 heteroatoms. The van der Waals surface area contributed by atoms with Gasteiger partial charge in [0.15, 0.2) is 11.5 Å². The van der Waals surface area contributed by atoms with Gasteiger partial charge in [-0.25, -0.2) is 8.42 Å². The standard InChI is InChI=1S/C20H23N3O7S/c1-29-18-12-16(17(23(25)26)13-19(18)30-2)20(24)21-14-6-8-15(9-7-14)31(27,28)22-10-4-3-5-11-22/h6-9,12-13H,3-5,10-11H2,1-2H3,(H,21,24). The van der Waals surface area contributed by atoms with Gasteiger partial charge in [0.05, 0.1) is 30.1 Å². The molecule has 1 saturated heterocycles. The Bertz CT molecular complexity index is 1080. The molecule has 0 aliphatic carbocycles. The number of piperidine rings is 1. The summed E-state index contributed by atoms with van der Waals surface area (Å²) in [4.78, 5) is 23.5. The van der Waals surface area contributed by atoms with Gasteiger partial charge in [0.2, 0.25) is 10.0 Å². The van der Waals surface area contributed by atoms with E-state index in [1.807, 2.05) is 0 Å². The summed E-state index contributed by atoms with van der Waals surface area (Å²) in [5, 5.41) is 14.0. The second-order valence-electron chi connectivity index (χ2n) is 6.92. The monoisotopic (exact) mass is 449 g/mol. The van der Waals surface area contributed by atoms with E-state index >= 15 is 0 Å². The number of carbonyl (C=O) groups is 1. The third kappa shape index (κ3) is 4.78. The molecule has 1 aliphatic rings. The Labute approximate surface area is 180 Å². The zero-order valence-corrected chi connectivity index (χ0v) is 18.0. The molecule has 1 aliphatic heterocycles. The molecule has 0 spiro atoms. The Morgan fingerprint density at radius 1 is 1.03 bits per heavy atom. The van der Waals surface area contributed by atoms with Gasteiger partial charge in [0.25, 0.3) is 11.6 Å². The van der Waals surface area contributed by atoms with Gasteiger partial charge in [0.1, 0.15) is 5.56 Å². The minimum atomic E-state index is -3.59. The number of anilines is 1. The van der Waals surface area contributed by atoms with E-state index in [0.717, 1.165) is 25.3 Å². The van der Waals surface area contributed by atoms with Crippen molar-refractivity contribution in [2.75, 3.05) is 32.6 Å². The van der Waals surface area contributed by atoms with Crippen molar-refractivity contribution in [1.82, 2.24) is 4.31 Å². The molecule has 0 radical (unpaired) electrons. The van der Waals surface area contributed by atoms with Gasteiger partial charge in [-0.15, -0.1) is 0 Å². The van der Waals surface area contributed by atoms with E-state index in [1.54, 1.807) is 0 Å². The molecule has 3 rings (SSSR count). The smallest absolute Gasteiger partial charge is 0.286 e. The summed E-state index contributed by atoms with van der Waals surface area (Å²) in [6.45, 7) is 0.980. The molecule has 1 heterocycles. The minimum Gasteiger partial charge on any atom is -0.493 e. The van der Waals surface area contributed by atoms with Crippen LogP contribution in [0.3, 0.4) is 0 Å². The van der Waals surface area contributed by atoms with Gasteiger partial charge in [-0.05, 0) is 37.1 Å². The molecule has 2 aromatic rings. The summed E-state index contributed by atoms with van der Waals surface area (Å²) < 4.78 is 37.1. The molecule has 0 bridgehead atoms. The predicted octanol–water partition coefficient (Wildman–Crippen LogP) is 3.04. The van der Waals surface area contributed by atoms with Crippen molar-refractivity contribution in [3.63, 3.8) is 0 Å². The van der Waals surface area contributed by atoms with Crippen molar-refractivity contribution in [2.45, 2.75) is 24.2 Å². The molecule has 1 N–H and O–H groups in total. The Balaban J connectivity index is 1.83. The van der Waals surface area contributed by atoms with E-state index in [4.69, 9.17) is 9.47 Å². The third-order valence-electron chi connectivity index (χ3n) is 5.01. The Morgan fingerprint density at radius 3 is 2.16 bits per heavy atom. The first-order chi connectivity index (χ1) is 14.8. The Hall–Kier alpha value is -3.18. The molecule has 1 amide bonds. The first-order valence-corrected chi connectivity index (χ1v) is 11.0. The number of rotatable bonds is 7. The van der Waals surface area contributed by atoms with Crippen LogP contribution in [-0.2, 0) is 10.0 Å². The van der Waals surface area contributed by atoms with Crippen molar-refractivity contribution in [2.24, 2.45) is 0 Å². The van der Waals surface area contributed by atoms with Crippen molar-refractivity contribution < 1.29 is 27.6 Å². The Kier molecular flexibility index (Phi) is 6.76. The maximum Gasteiger partial charge on any atom is 0.286 e. The largest absolute Gasteiger partial charge is 0.493 e. The van der Waals surface area contributed by atoms with E-state index < -0.39 is 26.5 Å². The molecule has 166 valence electrons. The number of ether oxygens (including phenoxy) is 2. The molecule has 2 aromatic carbocycles. The first kappa shape index (κ1) is 22.5. The summed E-state index contributed by atoms with van der Waals surface area (Å²) in [6.07, 6.45) is 2.67. The fourth-order valence-corrected chi connectivity index (χ4v) is 4.88. The zero-order valence-electron chi connectivity index (χ0n) is 17.2. The van der Waals surface area contributed by atoms with E-state index in [-0.39, 0.29) is 22.0 Å². The maximum atomic E-state index is 12.7. The summed E-state index contributed by atoms with van der Waals surface area (Å²) in [6, 6.07) is 8.04. The van der Waals surface area contributed by atoms with Crippen LogP contribution in [-0.4, -0.2) is 50.9 Å². The van der Waals surface area contributed by atoms with Gasteiger partial charge in [-0.3, -0.25) is 14.9 Å². The van der Waals surface area contributed by atoms with Gasteiger partial charge in [0, 0.05) is 24.8 Å². The quantitative estimate of drug-likeness (QED) is 0.508. The van der Waals surface area contributed by atoms with Crippen LogP contribution in [0.4, 0.5) is 11.4 Å². The van der Waals surface area contributed by atoms with Gasteiger partial charge in [-0.2, -0.15) is 4.31 Å². The number of methoxy groups -OCH3 is 2. The number of hydrogen-bond donors (Lipinski definition) is 1. The van der Waals surface area contributed by atoms with Crippen molar-refractivity contribution >= 4 is 27.3 Å². The average Bonchev–Trinajstić information content (AvgIpc) is 2.78. The number of nitro benzene ring substituents is 1. The first-order valence-electron chi connectivity index (χ1n) is 9.60. The van der Waals surface area contributed by atoms with Crippen LogP contribution in [0.1, 0.15) is 29.6 Å². The minimum absolute atomic E-state index is 0.123. The molecule has 0 unspecified atom stereocenters. The number of sulfonamides is 1. The van der Waals surface area contributed by atoms with Gasteiger partial charge < -0.3 is 14.8 Å². The summed E-state index contributed by atoms with van der Waals surface area (Å²) in [5.41, 5.74) is -0.362. The van der Waals surface area contributed by atoms with Crippen LogP contribution in [0, 0.1) is 10.1 Å². The van der Waals surface area contributed by atoms with E-state index in [0.29, 0.717) is 18.8 Å². The lowest BCUT2D eigenvalue weighted by Gasteiger charge is -2.25. The molecule has 0 saturated carbocycles. The fourth-order valence-electron chi connectivity index (χ4n) is 3.36. The highest BCUT2D eigenvalue weighted by molar-refractivity contribution is 7.89. The second kappa shape index (κ2) is 9.31. The lowest BCUT2D eigenvalue weighted by atomic mass is 10.1. The highest BCUT2D eigenvalue weighted by Gasteiger charge is 2.27. The van der Waals surface area contributed by atoms with Gasteiger partial charge in [-0.1, -0.05) is 6.42 Å². The van der Waals surface area contributed by atoms with Gasteiger partial charge >= 0.3 is 0 Å². The molecule has 1 fully saturated rings. The Morgan fingerprint density at radius 2 is 1.61 bits per heavy atom. The number of nitrogens with zero attached hydrogens (tertiary/aromatic N) is 2. The van der Waals surface area contributed by atoms with Crippen LogP contribution in [0.5, 0.6) is 11.5 Å². The van der Waals surface area contributed by atoms with Crippen LogP contribution in [0.25, 0.3) is 0 Å². The summed E-state index contributed by atoms with van der Waals surface area (Å²) in [5.74, 6) is -0.446. The third-order valence-corrected chi connectivity index (χ3v) is 6.92. The van der Waals surface area contributed by atoms with Crippen LogP contribution < -0.4 is 14.8 Å². The molecular formula is C20H23N3O7S. The molecule has 31 heavy (non-hydrogen) atoms. The SMILES string of the molecule is COc1cc(C(=O)Nc2ccc(S(=O)(=O)N3CCCCC3)cc2)c([N+](=O)[O-])cc1OC. The number of nitrogens with one attached hydrogen (secondary N) is 1. The van der Waals surface area contributed by atoms with Crippen molar-refractivity contribution in [3.05, 3.63) is 52.1 Å². The number of benzene rings is 2. The van der Waals surface area contributed by atoms with Crippen LogP contribution >= 0.6 is 0 Å². The fraction of sp³-hybridized carbons (Fsp3) is 0.350. The number of carbonyl (C=O) groups excluding carboxylic acids is 1. The summed E-state index contributed by atoms with van der Waals surface area (Å²) >= 11 is 0. The van der Waals surface area contributed by atoms with E-state index in [2.05, 4.69) is 5.32 Å². The number of nitro groups is 1. The highest BCUT2D eigenvalue weighted by Crippen LogP contribution is 2.35. The summed E-state index contributed by atoms with van der Waals surface area (Å²) in [7, 11) is -0.905. The normalized spacial score (nSPS) is 14.6. The zero-order chi connectivity index (χ0) is 22.6. The highest BCUT2D eigenvalue weighted by atomic mass is 32.2. The van der Waals surface area contributed by atoms with E-state index in [9.17, 15) is 23.3 Å². The number of amides is 1. The maximum absolute atomic E-state index is 12.7. The van der Waals surface area contributed by atoms with Crippen molar-refractivity contribution in [1.29, 1.82) is 0 Å². The topological polar surface area (TPSA) is 128 Å². The lowest BCUT2D eigenvalue weighted by molar-refractivity contribution is -0.385. The average molecular weight is 449 g/mol. The molecule has 0 atom stereocenters. The van der Waals surface area contributed by atoms with Crippen LogP contribution in [0.15, 0.2) is 41.3 Å². The van der Waals surface area contributed by atoms with Crippen LogP contribution in [0.2, 0.25) is 0 Å². The number of hydrogen-bond acceptors (Lipinski definition) is 7. The lowest BCUT2D eigenvalue weighted by Crippen LogP contribution is -2.35. The van der Waals surface area contributed by atoms with E-state index in [1.165, 1.54) is 48.9 Å². The molecule has 10 nitrogen and oxygen atoms in total. The molecule has 0 aromatic heterocycles.